The first-order valence-corrected chi connectivity index (χ1v) is 5.73. The highest BCUT2D eigenvalue weighted by atomic mass is 19.2. The van der Waals surface area contributed by atoms with Crippen molar-refractivity contribution in [3.63, 3.8) is 0 Å². The molecule has 3 rings (SSSR count). The van der Waals surface area contributed by atoms with Crippen LogP contribution in [-0.4, -0.2) is 10.9 Å². The molecule has 20 heavy (non-hydrogen) atoms. The number of nitrogens with one attached hydrogen (secondary N) is 1. The first kappa shape index (κ1) is 12.3. The van der Waals surface area contributed by atoms with Crippen molar-refractivity contribution < 1.29 is 18.0 Å². The second-order valence-electron chi connectivity index (χ2n) is 4.12. The van der Waals surface area contributed by atoms with Crippen LogP contribution in [0.5, 0.6) is 0 Å². The maximum Gasteiger partial charge on any atom is 0.255 e. The van der Waals surface area contributed by atoms with Crippen LogP contribution in [0, 0.1) is 11.6 Å². The predicted molar refractivity (Wildman–Crippen MR) is 68.3 cm³/mol. The van der Waals surface area contributed by atoms with Crippen LogP contribution >= 0.6 is 0 Å². The molecule has 1 aromatic heterocycles. The van der Waals surface area contributed by atoms with Crippen LogP contribution in [0.4, 0.5) is 14.5 Å². The zero-order chi connectivity index (χ0) is 14.1. The maximum absolute atomic E-state index is 13.1. The van der Waals surface area contributed by atoms with Gasteiger partial charge in [-0.2, -0.15) is 0 Å². The van der Waals surface area contributed by atoms with Crippen molar-refractivity contribution in [2.45, 2.75) is 0 Å². The first-order chi connectivity index (χ1) is 9.63. The number of carbonyl (C=O) groups excluding carboxylic acids is 1. The fraction of sp³-hybridized carbons (Fsp3) is 0. The zero-order valence-corrected chi connectivity index (χ0v) is 10.1. The Hall–Kier alpha value is -2.76. The second-order valence-corrected chi connectivity index (χ2v) is 4.12. The molecule has 6 heteroatoms. The van der Waals surface area contributed by atoms with Gasteiger partial charge in [0.2, 0.25) is 0 Å². The number of oxazole rings is 1. The molecule has 0 aliphatic rings. The zero-order valence-electron chi connectivity index (χ0n) is 10.1. The predicted octanol–water partition coefficient (Wildman–Crippen LogP) is 3.36. The quantitative estimate of drug-likeness (QED) is 0.779. The van der Waals surface area contributed by atoms with Gasteiger partial charge >= 0.3 is 0 Å². The molecule has 1 amide bonds. The normalized spacial score (nSPS) is 10.7. The highest BCUT2D eigenvalue weighted by molar-refractivity contribution is 6.04. The lowest BCUT2D eigenvalue weighted by Crippen LogP contribution is -2.12. The minimum Gasteiger partial charge on any atom is -0.443 e. The van der Waals surface area contributed by atoms with E-state index in [0.29, 0.717) is 16.8 Å². The molecule has 0 saturated heterocycles. The monoisotopic (exact) mass is 274 g/mol. The Bertz CT molecular complexity index is 799. The number of hydrogen-bond acceptors (Lipinski definition) is 3. The van der Waals surface area contributed by atoms with Crippen LogP contribution in [0.1, 0.15) is 10.4 Å². The van der Waals surface area contributed by atoms with Crippen LogP contribution in [0.3, 0.4) is 0 Å². The lowest BCUT2D eigenvalue weighted by atomic mass is 10.2. The summed E-state index contributed by atoms with van der Waals surface area (Å²) in [6.07, 6.45) is 1.30. The molecule has 1 heterocycles. The molecule has 3 aromatic rings. The van der Waals surface area contributed by atoms with Gasteiger partial charge in [0.05, 0.1) is 0 Å². The molecule has 100 valence electrons. The van der Waals surface area contributed by atoms with Crippen LogP contribution in [0.2, 0.25) is 0 Å². The number of anilines is 1. The summed E-state index contributed by atoms with van der Waals surface area (Å²) in [7, 11) is 0. The van der Waals surface area contributed by atoms with Gasteiger partial charge in [0.25, 0.3) is 5.91 Å². The van der Waals surface area contributed by atoms with Crippen molar-refractivity contribution in [3.8, 4) is 0 Å². The second kappa shape index (κ2) is 4.73. The van der Waals surface area contributed by atoms with Crippen LogP contribution in [-0.2, 0) is 0 Å². The van der Waals surface area contributed by atoms with Gasteiger partial charge in [-0.1, -0.05) is 0 Å². The summed E-state index contributed by atoms with van der Waals surface area (Å²) in [4.78, 5) is 15.9. The molecular formula is C14H8F2N2O2. The molecule has 2 aromatic carbocycles. The third-order valence-electron chi connectivity index (χ3n) is 2.77. The molecule has 4 nitrogen and oxygen atoms in total. The van der Waals surface area contributed by atoms with Crippen LogP contribution in [0.25, 0.3) is 11.1 Å². The van der Waals surface area contributed by atoms with Gasteiger partial charge in [-0.3, -0.25) is 4.79 Å². The maximum atomic E-state index is 13.1. The lowest BCUT2D eigenvalue weighted by molar-refractivity contribution is 0.102. The minimum atomic E-state index is -1.07. The van der Waals surface area contributed by atoms with E-state index in [-0.39, 0.29) is 5.56 Å². The lowest BCUT2D eigenvalue weighted by Gasteiger charge is -2.05. The fourth-order valence-electron chi connectivity index (χ4n) is 1.78. The number of carbonyl (C=O) groups is 1. The van der Waals surface area contributed by atoms with Gasteiger partial charge in [0, 0.05) is 11.3 Å². The number of hydrogen-bond donors (Lipinski definition) is 1. The van der Waals surface area contributed by atoms with Crippen LogP contribution < -0.4 is 5.32 Å². The van der Waals surface area contributed by atoms with E-state index in [0.717, 1.165) is 12.1 Å². The summed E-state index contributed by atoms with van der Waals surface area (Å²) in [5, 5.41) is 2.58. The Kier molecular flexibility index (Phi) is 2.90. The topological polar surface area (TPSA) is 55.1 Å². The Morgan fingerprint density at radius 1 is 1.10 bits per heavy atom. The summed E-state index contributed by atoms with van der Waals surface area (Å²) in [5.74, 6) is -2.60. The van der Waals surface area contributed by atoms with Gasteiger partial charge in [0.15, 0.2) is 23.6 Å². The SMILES string of the molecule is O=C(Nc1ccc2ocnc2c1)c1ccc(F)c(F)c1. The third kappa shape index (κ3) is 2.23. The summed E-state index contributed by atoms with van der Waals surface area (Å²) < 4.78 is 30.9. The third-order valence-corrected chi connectivity index (χ3v) is 2.77. The van der Waals surface area contributed by atoms with Crippen LogP contribution in [0.15, 0.2) is 47.2 Å². The Morgan fingerprint density at radius 2 is 1.95 bits per heavy atom. The molecule has 0 aliphatic carbocycles. The van der Waals surface area contributed by atoms with Gasteiger partial charge in [0.1, 0.15) is 5.52 Å². The summed E-state index contributed by atoms with van der Waals surface area (Å²) in [6.45, 7) is 0. The van der Waals surface area contributed by atoms with Gasteiger partial charge in [-0.05, 0) is 36.4 Å². The minimum absolute atomic E-state index is 0.0316. The molecule has 0 atom stereocenters. The molecule has 0 aliphatic heterocycles. The van der Waals surface area contributed by atoms with E-state index in [9.17, 15) is 13.6 Å². The van der Waals surface area contributed by atoms with Gasteiger partial charge in [-0.15, -0.1) is 0 Å². The van der Waals surface area contributed by atoms with E-state index < -0.39 is 17.5 Å². The number of halogens is 2. The fourth-order valence-corrected chi connectivity index (χ4v) is 1.78. The van der Waals surface area contributed by atoms with E-state index in [2.05, 4.69) is 10.3 Å². The van der Waals surface area contributed by atoms with E-state index in [1.54, 1.807) is 18.2 Å². The van der Waals surface area contributed by atoms with Gasteiger partial charge < -0.3 is 9.73 Å². The van der Waals surface area contributed by atoms with E-state index in [4.69, 9.17) is 4.42 Å². The number of benzene rings is 2. The molecular weight excluding hydrogens is 266 g/mol. The highest BCUT2D eigenvalue weighted by Crippen LogP contribution is 2.18. The number of fused-ring (bicyclic) bond motifs is 1. The van der Waals surface area contributed by atoms with Gasteiger partial charge in [-0.25, -0.2) is 13.8 Å². The van der Waals surface area contributed by atoms with E-state index in [1.165, 1.54) is 12.5 Å². The summed E-state index contributed by atoms with van der Waals surface area (Å²) in [6, 6.07) is 7.87. The smallest absolute Gasteiger partial charge is 0.255 e. The van der Waals surface area contributed by atoms with Crippen molar-refractivity contribution in [1.82, 2.24) is 4.98 Å². The average Bonchev–Trinajstić information content (AvgIpc) is 2.89. The molecule has 0 saturated carbocycles. The number of nitrogens with zero attached hydrogens (tertiary/aromatic N) is 1. The molecule has 0 radical (unpaired) electrons. The summed E-state index contributed by atoms with van der Waals surface area (Å²) in [5.41, 5.74) is 1.70. The Labute approximate surface area is 112 Å². The van der Waals surface area contributed by atoms with E-state index >= 15 is 0 Å². The van der Waals surface area contributed by atoms with Crippen molar-refractivity contribution >= 4 is 22.7 Å². The number of amides is 1. The molecule has 0 fully saturated rings. The molecule has 0 bridgehead atoms. The average molecular weight is 274 g/mol. The highest BCUT2D eigenvalue weighted by Gasteiger charge is 2.10. The standard InChI is InChI=1S/C14H8F2N2O2/c15-10-3-1-8(5-11(10)16)14(19)18-9-2-4-13-12(6-9)17-7-20-13/h1-7H,(H,18,19). The first-order valence-electron chi connectivity index (χ1n) is 5.73. The van der Waals surface area contributed by atoms with Crippen molar-refractivity contribution in [2.75, 3.05) is 5.32 Å². The summed E-state index contributed by atoms with van der Waals surface area (Å²) >= 11 is 0. The molecule has 0 spiro atoms. The largest absolute Gasteiger partial charge is 0.443 e. The number of rotatable bonds is 2. The van der Waals surface area contributed by atoms with Crippen molar-refractivity contribution in [3.05, 3.63) is 60.0 Å². The van der Waals surface area contributed by atoms with Crippen molar-refractivity contribution in [1.29, 1.82) is 0 Å². The van der Waals surface area contributed by atoms with Crippen molar-refractivity contribution in [2.24, 2.45) is 0 Å². The molecule has 0 unspecified atom stereocenters. The van der Waals surface area contributed by atoms with E-state index in [1.807, 2.05) is 0 Å². The molecule has 1 N–H and O–H groups in total. The Balaban J connectivity index is 1.85. The Morgan fingerprint density at radius 3 is 2.75 bits per heavy atom. The number of aromatic nitrogens is 1.